The van der Waals surface area contributed by atoms with Gasteiger partial charge in [0.05, 0.1) is 6.54 Å². The van der Waals surface area contributed by atoms with Gasteiger partial charge >= 0.3 is 6.03 Å². The summed E-state index contributed by atoms with van der Waals surface area (Å²) >= 11 is 0. The minimum atomic E-state index is -0.730. The lowest BCUT2D eigenvalue weighted by Crippen LogP contribution is -2.60. The van der Waals surface area contributed by atoms with Crippen LogP contribution < -0.4 is 16.0 Å². The summed E-state index contributed by atoms with van der Waals surface area (Å²) in [7, 11) is 0. The summed E-state index contributed by atoms with van der Waals surface area (Å²) in [5, 5.41) is 17.9. The van der Waals surface area contributed by atoms with Gasteiger partial charge in [-0.15, -0.1) is 10.2 Å². The maximum absolute atomic E-state index is 13.3. The summed E-state index contributed by atoms with van der Waals surface area (Å²) in [5.41, 5.74) is -0.730. The number of aromatic nitrogens is 3. The van der Waals surface area contributed by atoms with E-state index in [0.717, 1.165) is 69.8 Å². The fourth-order valence-electron chi connectivity index (χ4n) is 4.85. The van der Waals surface area contributed by atoms with E-state index < -0.39 is 5.54 Å². The molecule has 28 heavy (non-hydrogen) atoms. The number of amides is 3. The number of hydrogen-bond acceptors (Lipinski definition) is 5. The van der Waals surface area contributed by atoms with Crippen LogP contribution in [0.2, 0.25) is 0 Å². The van der Waals surface area contributed by atoms with Crippen LogP contribution in [0.25, 0.3) is 0 Å². The molecular weight excluding hydrogens is 358 g/mol. The number of hydrogen-bond donors (Lipinski definition) is 3. The molecule has 154 valence electrons. The summed E-state index contributed by atoms with van der Waals surface area (Å²) in [4.78, 5) is 27.4. The zero-order chi connectivity index (χ0) is 19.6. The van der Waals surface area contributed by atoms with Gasteiger partial charge in [0.1, 0.15) is 17.2 Å². The SMILES string of the molecule is CCNC(=O)NC1(C(=O)N2CCC(c3nnc4n3CCNC4)CC2)CCCC1. The highest BCUT2D eigenvalue weighted by molar-refractivity contribution is 5.91. The van der Waals surface area contributed by atoms with Crippen LogP contribution in [0.5, 0.6) is 0 Å². The van der Waals surface area contributed by atoms with Crippen molar-refractivity contribution in [1.29, 1.82) is 0 Å². The molecule has 0 atom stereocenters. The second-order valence-corrected chi connectivity index (χ2v) is 8.14. The maximum Gasteiger partial charge on any atom is 0.315 e. The van der Waals surface area contributed by atoms with Gasteiger partial charge < -0.3 is 25.4 Å². The van der Waals surface area contributed by atoms with Crippen molar-refractivity contribution in [2.45, 2.75) is 70.0 Å². The van der Waals surface area contributed by atoms with Crippen molar-refractivity contribution in [3.63, 3.8) is 0 Å². The molecule has 3 aliphatic rings. The largest absolute Gasteiger partial charge is 0.341 e. The van der Waals surface area contributed by atoms with Gasteiger partial charge in [0.25, 0.3) is 0 Å². The van der Waals surface area contributed by atoms with E-state index in [1.807, 2.05) is 11.8 Å². The van der Waals surface area contributed by atoms with Gasteiger partial charge in [-0.3, -0.25) is 4.79 Å². The molecule has 0 unspecified atom stereocenters. The summed E-state index contributed by atoms with van der Waals surface area (Å²) in [6.07, 6.45) is 5.22. The van der Waals surface area contributed by atoms with Gasteiger partial charge in [-0.05, 0) is 32.6 Å². The average Bonchev–Trinajstić information content (AvgIpc) is 3.35. The highest BCUT2D eigenvalue weighted by Crippen LogP contribution is 2.34. The highest BCUT2D eigenvalue weighted by atomic mass is 16.2. The molecule has 1 aromatic heterocycles. The first-order valence-electron chi connectivity index (χ1n) is 10.6. The number of carbonyl (C=O) groups is 2. The molecule has 1 aliphatic carbocycles. The second kappa shape index (κ2) is 8.06. The van der Waals surface area contributed by atoms with E-state index in [2.05, 4.69) is 30.7 Å². The summed E-state index contributed by atoms with van der Waals surface area (Å²) in [6, 6.07) is -0.240. The number of urea groups is 1. The Morgan fingerprint density at radius 1 is 1.18 bits per heavy atom. The molecule has 4 rings (SSSR count). The zero-order valence-electron chi connectivity index (χ0n) is 16.7. The minimum absolute atomic E-state index is 0.0853. The van der Waals surface area contributed by atoms with Crippen LogP contribution in [-0.2, 0) is 17.9 Å². The first kappa shape index (κ1) is 19.2. The second-order valence-electron chi connectivity index (χ2n) is 8.14. The molecule has 3 amide bonds. The van der Waals surface area contributed by atoms with Crippen LogP contribution in [-0.4, -0.2) is 63.3 Å². The van der Waals surface area contributed by atoms with Crippen molar-refractivity contribution in [3.8, 4) is 0 Å². The van der Waals surface area contributed by atoms with Gasteiger partial charge in [-0.25, -0.2) is 4.79 Å². The van der Waals surface area contributed by atoms with Crippen molar-refractivity contribution in [3.05, 3.63) is 11.6 Å². The lowest BCUT2D eigenvalue weighted by atomic mass is 9.91. The Bertz CT molecular complexity index is 718. The standard InChI is InChI=1S/C19H31N7O2/c1-2-21-18(28)22-19(7-3-4-8-19)17(27)25-10-5-14(6-11-25)16-24-23-15-13-20-9-12-26(15)16/h14,20H,2-13H2,1H3,(H2,21,22,28). The van der Waals surface area contributed by atoms with Crippen molar-refractivity contribution in [1.82, 2.24) is 35.6 Å². The fourth-order valence-corrected chi connectivity index (χ4v) is 4.85. The third-order valence-corrected chi connectivity index (χ3v) is 6.36. The Hall–Kier alpha value is -2.16. The van der Waals surface area contributed by atoms with E-state index in [1.54, 1.807) is 0 Å². The van der Waals surface area contributed by atoms with Gasteiger partial charge in [0, 0.05) is 38.6 Å². The molecule has 3 N–H and O–H groups in total. The van der Waals surface area contributed by atoms with E-state index in [1.165, 1.54) is 0 Å². The first-order valence-corrected chi connectivity index (χ1v) is 10.6. The van der Waals surface area contributed by atoms with E-state index in [0.29, 0.717) is 25.6 Å². The Labute approximate surface area is 165 Å². The van der Waals surface area contributed by atoms with Crippen LogP contribution in [0.3, 0.4) is 0 Å². The molecule has 9 heteroatoms. The fraction of sp³-hybridized carbons (Fsp3) is 0.789. The van der Waals surface area contributed by atoms with Crippen molar-refractivity contribution >= 4 is 11.9 Å². The smallest absolute Gasteiger partial charge is 0.315 e. The average molecular weight is 390 g/mol. The van der Waals surface area contributed by atoms with Crippen LogP contribution in [0.1, 0.15) is 63.0 Å². The number of likely N-dealkylation sites (tertiary alicyclic amines) is 1. The van der Waals surface area contributed by atoms with Gasteiger partial charge in [-0.2, -0.15) is 0 Å². The predicted octanol–water partition coefficient (Wildman–Crippen LogP) is 0.719. The molecule has 1 aromatic rings. The molecule has 0 bridgehead atoms. The minimum Gasteiger partial charge on any atom is -0.341 e. The third kappa shape index (κ3) is 3.59. The van der Waals surface area contributed by atoms with E-state index in [-0.39, 0.29) is 11.9 Å². The molecule has 1 saturated heterocycles. The number of nitrogens with one attached hydrogen (secondary N) is 3. The van der Waals surface area contributed by atoms with Crippen LogP contribution in [0, 0.1) is 0 Å². The molecular formula is C19H31N7O2. The van der Waals surface area contributed by atoms with Gasteiger partial charge in [0.2, 0.25) is 5.91 Å². The van der Waals surface area contributed by atoms with Gasteiger partial charge in [0.15, 0.2) is 0 Å². The molecule has 2 aliphatic heterocycles. The maximum atomic E-state index is 13.3. The molecule has 3 heterocycles. The number of nitrogens with zero attached hydrogens (tertiary/aromatic N) is 4. The van der Waals surface area contributed by atoms with Crippen molar-refractivity contribution < 1.29 is 9.59 Å². The molecule has 2 fully saturated rings. The normalized spacial score (nSPS) is 22.0. The number of carbonyl (C=O) groups excluding carboxylic acids is 2. The lowest BCUT2D eigenvalue weighted by Gasteiger charge is -2.38. The molecule has 0 spiro atoms. The van der Waals surface area contributed by atoms with Crippen LogP contribution in [0.15, 0.2) is 0 Å². The topological polar surface area (TPSA) is 104 Å². The summed E-state index contributed by atoms with van der Waals surface area (Å²) < 4.78 is 2.24. The molecule has 1 saturated carbocycles. The van der Waals surface area contributed by atoms with Crippen LogP contribution >= 0.6 is 0 Å². The quantitative estimate of drug-likeness (QED) is 0.704. The molecule has 0 aromatic carbocycles. The Kier molecular flexibility index (Phi) is 5.52. The number of piperidine rings is 1. The zero-order valence-corrected chi connectivity index (χ0v) is 16.7. The third-order valence-electron chi connectivity index (χ3n) is 6.36. The monoisotopic (exact) mass is 389 g/mol. The van der Waals surface area contributed by atoms with E-state index in [4.69, 9.17) is 0 Å². The molecule has 9 nitrogen and oxygen atoms in total. The van der Waals surface area contributed by atoms with Crippen molar-refractivity contribution in [2.75, 3.05) is 26.2 Å². The van der Waals surface area contributed by atoms with Crippen molar-refractivity contribution in [2.24, 2.45) is 0 Å². The lowest BCUT2D eigenvalue weighted by molar-refractivity contribution is -0.139. The predicted molar refractivity (Wildman–Crippen MR) is 104 cm³/mol. The van der Waals surface area contributed by atoms with E-state index in [9.17, 15) is 9.59 Å². The summed E-state index contributed by atoms with van der Waals surface area (Å²) in [6.45, 7) is 6.50. The summed E-state index contributed by atoms with van der Waals surface area (Å²) in [5.74, 6) is 2.51. The van der Waals surface area contributed by atoms with Crippen LogP contribution in [0.4, 0.5) is 4.79 Å². The Morgan fingerprint density at radius 2 is 1.93 bits per heavy atom. The molecule has 0 radical (unpaired) electrons. The number of rotatable bonds is 4. The van der Waals surface area contributed by atoms with Gasteiger partial charge in [-0.1, -0.05) is 12.8 Å². The Balaban J connectivity index is 1.40. The first-order chi connectivity index (χ1) is 13.6. The van der Waals surface area contributed by atoms with E-state index >= 15 is 0 Å². The Morgan fingerprint density at radius 3 is 2.64 bits per heavy atom. The number of fused-ring (bicyclic) bond motifs is 1. The highest BCUT2D eigenvalue weighted by Gasteiger charge is 2.45.